The van der Waals surface area contributed by atoms with E-state index in [2.05, 4.69) is 19.4 Å². The number of carbonyl (C=O) groups excluding carboxylic acids is 1. The Labute approximate surface area is 63.8 Å². The molecule has 1 unspecified atom stereocenters. The third-order valence-corrected chi connectivity index (χ3v) is 5.27. The summed E-state index contributed by atoms with van der Waals surface area (Å²) in [5, 5.41) is 0.616. The summed E-state index contributed by atoms with van der Waals surface area (Å²) >= 11 is 0. The van der Waals surface area contributed by atoms with Crippen molar-refractivity contribution in [3.63, 3.8) is 0 Å². The van der Waals surface area contributed by atoms with Crippen LogP contribution in [-0.2, 0) is 4.79 Å². The van der Waals surface area contributed by atoms with Crippen molar-refractivity contribution >= 4 is 15.8 Å². The minimum atomic E-state index is -0.647. The van der Waals surface area contributed by atoms with E-state index in [9.17, 15) is 4.79 Å². The smallest absolute Gasteiger partial charge is 0.163 e. The number of rotatable bonds is 0. The van der Waals surface area contributed by atoms with Crippen LogP contribution in [0.3, 0.4) is 0 Å². The molecule has 1 heterocycles. The number of hydrogen-bond donors (Lipinski definition) is 0. The fourth-order valence-corrected chi connectivity index (χ4v) is 2.60. The third-order valence-electron chi connectivity index (χ3n) is 2.07. The van der Waals surface area contributed by atoms with E-state index in [-0.39, 0.29) is 0 Å². The lowest BCUT2D eigenvalue weighted by molar-refractivity contribution is -0.112. The van der Waals surface area contributed by atoms with Crippen molar-refractivity contribution in [2.75, 3.05) is 18.3 Å². The van der Waals surface area contributed by atoms with Crippen molar-refractivity contribution in [2.24, 2.45) is 0 Å². The number of carbonyl (C=O) groups is 1. The van der Waals surface area contributed by atoms with Gasteiger partial charge in [0.1, 0.15) is 0 Å². The number of hydrogen-bond acceptors (Lipinski definition) is 1. The summed E-state index contributed by atoms with van der Waals surface area (Å²) in [6.45, 7) is 2.19. The second-order valence-electron chi connectivity index (χ2n) is 3.30. The predicted octanol–water partition coefficient (Wildman–Crippen LogP) is 1.58. The lowest BCUT2D eigenvalue weighted by Crippen LogP contribution is -2.22. The fraction of sp³-hybridized carbons (Fsp3) is 0.625. The van der Waals surface area contributed by atoms with E-state index in [1.807, 2.05) is 6.08 Å². The van der Waals surface area contributed by atoms with E-state index in [0.29, 0.717) is 11.0 Å². The molecule has 0 spiro atoms. The second-order valence-corrected chi connectivity index (χ2v) is 7.58. The van der Waals surface area contributed by atoms with Gasteiger partial charge < -0.3 is 0 Å². The van der Waals surface area contributed by atoms with Crippen LogP contribution in [0.4, 0.5) is 0 Å². The molecule has 0 saturated heterocycles. The van der Waals surface area contributed by atoms with Crippen LogP contribution in [0, 0.1) is 0 Å². The molecule has 2 heteroatoms. The highest BCUT2D eigenvalue weighted by molar-refractivity contribution is 8.33. The summed E-state index contributed by atoms with van der Waals surface area (Å²) in [5.74, 6) is 1.09. The molecule has 1 atom stereocenters. The molecule has 0 bridgehead atoms. The molecule has 1 nitrogen and oxygen atoms in total. The van der Waals surface area contributed by atoms with Gasteiger partial charge in [0.2, 0.25) is 0 Å². The van der Waals surface area contributed by atoms with Crippen LogP contribution in [0.2, 0.25) is 0 Å². The van der Waals surface area contributed by atoms with Crippen LogP contribution in [0.15, 0.2) is 12.2 Å². The van der Waals surface area contributed by atoms with Gasteiger partial charge in [0, 0.05) is 11.0 Å². The number of allylic oxidation sites excluding steroid dienone is 1. The molecule has 0 radical (unpaired) electrons. The first-order valence-electron chi connectivity index (χ1n) is 3.43. The molecule has 0 aromatic carbocycles. The Morgan fingerprint density at radius 1 is 1.60 bits per heavy atom. The summed E-state index contributed by atoms with van der Waals surface area (Å²) in [7, 11) is -0.647. The van der Waals surface area contributed by atoms with Gasteiger partial charge >= 0.3 is 0 Å². The van der Waals surface area contributed by atoms with Gasteiger partial charge in [-0.3, -0.25) is 4.79 Å². The topological polar surface area (TPSA) is 17.1 Å². The summed E-state index contributed by atoms with van der Waals surface area (Å²) in [4.78, 5) is 11.0. The van der Waals surface area contributed by atoms with Crippen LogP contribution in [-0.4, -0.2) is 29.3 Å². The highest BCUT2D eigenvalue weighted by Gasteiger charge is 2.24. The van der Waals surface area contributed by atoms with Crippen molar-refractivity contribution in [1.82, 2.24) is 0 Å². The van der Waals surface area contributed by atoms with E-state index in [4.69, 9.17) is 0 Å². The quantitative estimate of drug-likeness (QED) is 0.523. The average Bonchev–Trinajstić information content (AvgIpc) is 1.78. The molecular formula is C8H14OS. The van der Waals surface area contributed by atoms with Crippen molar-refractivity contribution in [2.45, 2.75) is 12.2 Å². The fourth-order valence-electron chi connectivity index (χ4n) is 1.00. The lowest BCUT2D eigenvalue weighted by Gasteiger charge is -2.37. The summed E-state index contributed by atoms with van der Waals surface area (Å²) in [6, 6.07) is 0. The van der Waals surface area contributed by atoms with E-state index < -0.39 is 10.0 Å². The molecule has 0 fully saturated rings. The van der Waals surface area contributed by atoms with Crippen molar-refractivity contribution in [3.8, 4) is 0 Å². The van der Waals surface area contributed by atoms with Gasteiger partial charge in [-0.15, -0.1) is 0 Å². The van der Waals surface area contributed by atoms with E-state index in [1.165, 1.54) is 0 Å². The van der Waals surface area contributed by atoms with Crippen molar-refractivity contribution in [3.05, 3.63) is 12.2 Å². The molecule has 58 valence electrons. The maximum Gasteiger partial charge on any atom is 0.163 e. The zero-order chi connectivity index (χ0) is 7.78. The minimum Gasteiger partial charge on any atom is -0.294 e. The van der Waals surface area contributed by atoms with Crippen molar-refractivity contribution < 1.29 is 4.79 Å². The van der Waals surface area contributed by atoms with Gasteiger partial charge in [-0.05, 0) is 18.6 Å². The molecule has 0 saturated carbocycles. The van der Waals surface area contributed by atoms with Crippen LogP contribution < -0.4 is 0 Å². The highest BCUT2D eigenvalue weighted by Crippen LogP contribution is 2.47. The Kier molecular flexibility index (Phi) is 1.90. The maximum absolute atomic E-state index is 11.0. The minimum absolute atomic E-state index is 0.304. The van der Waals surface area contributed by atoms with Crippen LogP contribution in [0.5, 0.6) is 0 Å². The monoisotopic (exact) mass is 158 g/mol. The molecule has 1 aliphatic heterocycles. The summed E-state index contributed by atoms with van der Waals surface area (Å²) < 4.78 is 0. The molecule has 10 heavy (non-hydrogen) atoms. The normalized spacial score (nSPS) is 33.9. The Bertz CT molecular complexity index is 182. The molecule has 0 amide bonds. The van der Waals surface area contributed by atoms with Gasteiger partial charge in [-0.1, -0.05) is 13.0 Å². The van der Waals surface area contributed by atoms with E-state index in [0.717, 1.165) is 5.75 Å². The Morgan fingerprint density at radius 3 is 2.60 bits per heavy atom. The van der Waals surface area contributed by atoms with Gasteiger partial charge in [0.05, 0.1) is 0 Å². The molecule has 0 aromatic rings. The molecule has 1 rings (SSSR count). The molecule has 0 N–H and O–H groups in total. The van der Waals surface area contributed by atoms with Crippen LogP contribution in [0.25, 0.3) is 0 Å². The first-order chi connectivity index (χ1) is 4.52. The van der Waals surface area contributed by atoms with Crippen LogP contribution >= 0.6 is 10.0 Å². The molecule has 0 aromatic heterocycles. The first kappa shape index (κ1) is 7.86. The van der Waals surface area contributed by atoms with Gasteiger partial charge in [0.15, 0.2) is 5.78 Å². The average molecular weight is 158 g/mol. The zero-order valence-electron chi connectivity index (χ0n) is 6.76. The number of ketones is 1. The van der Waals surface area contributed by atoms with Crippen LogP contribution in [0.1, 0.15) is 6.92 Å². The summed E-state index contributed by atoms with van der Waals surface area (Å²) in [5.41, 5.74) is 0. The Balaban J connectivity index is 2.82. The van der Waals surface area contributed by atoms with E-state index >= 15 is 0 Å². The summed E-state index contributed by atoms with van der Waals surface area (Å²) in [6.07, 6.45) is 8.21. The Hall–Kier alpha value is -0.240. The predicted molar refractivity (Wildman–Crippen MR) is 47.9 cm³/mol. The molecule has 1 aliphatic rings. The highest BCUT2D eigenvalue weighted by atomic mass is 32.3. The van der Waals surface area contributed by atoms with Gasteiger partial charge in [-0.2, -0.15) is 0 Å². The van der Waals surface area contributed by atoms with Gasteiger partial charge in [0.25, 0.3) is 0 Å². The SMILES string of the molecule is CC1C=CC(=O)CS1(C)C. The largest absolute Gasteiger partial charge is 0.294 e. The Morgan fingerprint density at radius 2 is 2.20 bits per heavy atom. The maximum atomic E-state index is 11.0. The lowest BCUT2D eigenvalue weighted by atomic mass is 10.3. The van der Waals surface area contributed by atoms with Gasteiger partial charge in [-0.25, -0.2) is 10.0 Å². The molecule has 0 aliphatic carbocycles. The van der Waals surface area contributed by atoms with Crippen molar-refractivity contribution in [1.29, 1.82) is 0 Å². The van der Waals surface area contributed by atoms with E-state index in [1.54, 1.807) is 6.08 Å². The zero-order valence-corrected chi connectivity index (χ0v) is 7.57. The molecular weight excluding hydrogens is 144 g/mol. The first-order valence-corrected chi connectivity index (χ1v) is 6.11. The third kappa shape index (κ3) is 1.43. The standard InChI is InChI=1S/C8H14OS/c1-7-4-5-8(9)6-10(7,2)3/h4-5,7H,6H2,1-3H3. The second kappa shape index (κ2) is 2.42.